The van der Waals surface area contributed by atoms with Crippen LogP contribution in [0.25, 0.3) is 0 Å². The highest BCUT2D eigenvalue weighted by Gasteiger charge is 2.27. The molecule has 0 saturated heterocycles. The van der Waals surface area contributed by atoms with Gasteiger partial charge in [-0.05, 0) is 83.3 Å². The topological polar surface area (TPSA) is 3.24 Å². The molecule has 0 aromatic rings. The van der Waals surface area contributed by atoms with Crippen LogP contribution in [-0.2, 0) is 0 Å². The van der Waals surface area contributed by atoms with Crippen molar-refractivity contribution in [1.82, 2.24) is 4.90 Å². The van der Waals surface area contributed by atoms with E-state index < -0.39 is 0 Å². The summed E-state index contributed by atoms with van der Waals surface area (Å²) in [5.41, 5.74) is 4.47. The molecule has 1 nitrogen and oxygen atoms in total. The van der Waals surface area contributed by atoms with E-state index in [-0.39, 0.29) is 0 Å². The first-order chi connectivity index (χ1) is 14.7. The summed E-state index contributed by atoms with van der Waals surface area (Å²) < 4.78 is 0. The molecule has 0 aromatic carbocycles. The summed E-state index contributed by atoms with van der Waals surface area (Å²) in [7, 11) is 0. The SMILES string of the molecule is C#CC/C=C(/C)CCCN(C1=CCC(C(C)(C)C)CC1)C(/C=C\C)=C/C=C.C/C=C\C. The third-order valence-corrected chi connectivity index (χ3v) is 5.75. The number of hydrogen-bond acceptors (Lipinski definition) is 1. The Hall–Kier alpha value is -2.20. The highest BCUT2D eigenvalue weighted by atomic mass is 15.1. The molecule has 1 atom stereocenters. The molecule has 0 aliphatic heterocycles. The van der Waals surface area contributed by atoms with E-state index in [1.807, 2.05) is 32.1 Å². The summed E-state index contributed by atoms with van der Waals surface area (Å²) in [5, 5.41) is 0. The van der Waals surface area contributed by atoms with Gasteiger partial charge in [-0.3, -0.25) is 0 Å². The Balaban J connectivity index is 0.00000206. The maximum Gasteiger partial charge on any atom is 0.0404 e. The smallest absolute Gasteiger partial charge is 0.0404 e. The van der Waals surface area contributed by atoms with Gasteiger partial charge in [0.05, 0.1) is 0 Å². The molecular weight excluding hydrogens is 374 g/mol. The molecule has 0 spiro atoms. The number of allylic oxidation sites excluding steroid dienone is 10. The lowest BCUT2D eigenvalue weighted by molar-refractivity contribution is 0.211. The van der Waals surface area contributed by atoms with E-state index in [0.717, 1.165) is 38.1 Å². The number of nitrogens with zero attached hydrogens (tertiary/aromatic N) is 1. The van der Waals surface area contributed by atoms with Crippen molar-refractivity contribution in [3.05, 3.63) is 72.2 Å². The normalized spacial score (nSPS) is 17.7. The molecule has 0 radical (unpaired) electrons. The Kier molecular flexibility index (Phi) is 15.3. The first-order valence-electron chi connectivity index (χ1n) is 11.8. The Bertz CT molecular complexity index is 694. The minimum Gasteiger partial charge on any atom is -0.345 e. The lowest BCUT2D eigenvalue weighted by Crippen LogP contribution is -2.28. The van der Waals surface area contributed by atoms with Crippen molar-refractivity contribution in [2.45, 2.75) is 87.0 Å². The molecular formula is C30H47N. The van der Waals surface area contributed by atoms with Gasteiger partial charge in [0, 0.05) is 24.4 Å². The molecule has 0 fully saturated rings. The molecule has 0 N–H and O–H groups in total. The fourth-order valence-corrected chi connectivity index (χ4v) is 3.67. The van der Waals surface area contributed by atoms with Crippen LogP contribution in [0.3, 0.4) is 0 Å². The van der Waals surface area contributed by atoms with Crippen LogP contribution in [0.5, 0.6) is 0 Å². The zero-order chi connectivity index (χ0) is 23.7. The molecule has 0 heterocycles. The molecule has 1 rings (SSSR count). The number of rotatable bonds is 9. The summed E-state index contributed by atoms with van der Waals surface area (Å²) in [5.74, 6) is 3.46. The van der Waals surface area contributed by atoms with Crippen LogP contribution in [0, 0.1) is 23.7 Å². The molecule has 0 aromatic heterocycles. The van der Waals surface area contributed by atoms with Gasteiger partial charge in [-0.25, -0.2) is 0 Å². The van der Waals surface area contributed by atoms with Crippen LogP contribution < -0.4 is 0 Å². The van der Waals surface area contributed by atoms with Gasteiger partial charge < -0.3 is 4.90 Å². The van der Waals surface area contributed by atoms with E-state index in [1.165, 1.54) is 29.8 Å². The minimum atomic E-state index is 0.384. The molecule has 31 heavy (non-hydrogen) atoms. The van der Waals surface area contributed by atoms with Crippen molar-refractivity contribution in [2.24, 2.45) is 11.3 Å². The minimum absolute atomic E-state index is 0.384. The third-order valence-electron chi connectivity index (χ3n) is 5.75. The lowest BCUT2D eigenvalue weighted by atomic mass is 9.74. The van der Waals surface area contributed by atoms with E-state index in [0.29, 0.717) is 5.41 Å². The quantitative estimate of drug-likeness (QED) is 0.204. The Morgan fingerprint density at radius 2 is 1.90 bits per heavy atom. The van der Waals surface area contributed by atoms with Crippen molar-refractivity contribution in [3.8, 4) is 12.3 Å². The van der Waals surface area contributed by atoms with Gasteiger partial charge in [-0.2, -0.15) is 0 Å². The molecule has 0 saturated carbocycles. The van der Waals surface area contributed by atoms with Gasteiger partial charge in [0.1, 0.15) is 0 Å². The van der Waals surface area contributed by atoms with E-state index in [2.05, 4.69) is 82.4 Å². The molecule has 1 aliphatic carbocycles. The van der Waals surface area contributed by atoms with Gasteiger partial charge in [0.15, 0.2) is 0 Å². The van der Waals surface area contributed by atoms with Crippen LogP contribution in [0.15, 0.2) is 72.2 Å². The first kappa shape index (κ1) is 28.8. The molecule has 0 bridgehead atoms. The summed E-state index contributed by atoms with van der Waals surface area (Å²) in [4.78, 5) is 2.50. The monoisotopic (exact) mass is 421 g/mol. The predicted octanol–water partition coefficient (Wildman–Crippen LogP) is 9.00. The second-order valence-corrected chi connectivity index (χ2v) is 9.24. The van der Waals surface area contributed by atoms with Gasteiger partial charge in [-0.15, -0.1) is 12.3 Å². The summed E-state index contributed by atoms with van der Waals surface area (Å²) in [6.45, 7) is 20.3. The standard InChI is InChI=1S/C26H39N.C4H8/c1-8-11-15-22(4)16-12-21-27(24(13-9-2)14-10-3)25-19-17-23(18-20-25)26(5,6)7;1-3-4-2/h1,9-10,13-15,19,23H,2,11-12,16-18,20-21H2,3-7H3;3-4H,1-2H3/b14-10-,22-15-,24-13+;4-3-. The Labute approximate surface area is 194 Å². The predicted molar refractivity (Wildman–Crippen MR) is 142 cm³/mol. The van der Waals surface area contributed by atoms with Gasteiger partial charge >= 0.3 is 0 Å². The van der Waals surface area contributed by atoms with Crippen molar-refractivity contribution in [2.75, 3.05) is 6.54 Å². The van der Waals surface area contributed by atoms with E-state index >= 15 is 0 Å². The third kappa shape index (κ3) is 12.3. The summed E-state index contributed by atoms with van der Waals surface area (Å²) in [6, 6.07) is 0. The molecule has 1 heteroatoms. The van der Waals surface area contributed by atoms with Crippen molar-refractivity contribution in [1.29, 1.82) is 0 Å². The average Bonchev–Trinajstić information content (AvgIpc) is 2.75. The van der Waals surface area contributed by atoms with Crippen LogP contribution in [0.4, 0.5) is 0 Å². The van der Waals surface area contributed by atoms with Crippen LogP contribution in [0.1, 0.15) is 87.0 Å². The largest absolute Gasteiger partial charge is 0.345 e. The average molecular weight is 422 g/mol. The lowest BCUT2D eigenvalue weighted by Gasteiger charge is -2.37. The second kappa shape index (κ2) is 16.5. The van der Waals surface area contributed by atoms with Gasteiger partial charge in [-0.1, -0.05) is 69.4 Å². The first-order valence-corrected chi connectivity index (χ1v) is 11.8. The van der Waals surface area contributed by atoms with Crippen LogP contribution >= 0.6 is 0 Å². The highest BCUT2D eigenvalue weighted by molar-refractivity contribution is 5.27. The zero-order valence-corrected chi connectivity index (χ0v) is 21.4. The van der Waals surface area contributed by atoms with E-state index in [9.17, 15) is 0 Å². The Morgan fingerprint density at radius 3 is 2.35 bits per heavy atom. The maximum absolute atomic E-state index is 5.36. The second-order valence-electron chi connectivity index (χ2n) is 9.24. The van der Waals surface area contributed by atoms with E-state index in [4.69, 9.17) is 6.42 Å². The fraction of sp³-hybridized carbons (Fsp3) is 0.533. The summed E-state index contributed by atoms with van der Waals surface area (Å²) >= 11 is 0. The Morgan fingerprint density at radius 1 is 1.23 bits per heavy atom. The molecule has 0 amide bonds. The van der Waals surface area contributed by atoms with Gasteiger partial charge in [0.2, 0.25) is 0 Å². The molecule has 172 valence electrons. The van der Waals surface area contributed by atoms with Crippen LogP contribution in [-0.4, -0.2) is 11.4 Å². The zero-order valence-electron chi connectivity index (χ0n) is 21.4. The van der Waals surface area contributed by atoms with Crippen molar-refractivity contribution >= 4 is 0 Å². The molecule has 1 aliphatic rings. The number of terminal acetylenes is 1. The van der Waals surface area contributed by atoms with E-state index in [1.54, 1.807) is 0 Å². The van der Waals surface area contributed by atoms with Crippen LogP contribution in [0.2, 0.25) is 0 Å². The van der Waals surface area contributed by atoms with Crippen molar-refractivity contribution in [3.63, 3.8) is 0 Å². The highest BCUT2D eigenvalue weighted by Crippen LogP contribution is 2.38. The molecule has 1 unspecified atom stereocenters. The fourth-order valence-electron chi connectivity index (χ4n) is 3.67. The number of hydrogen-bond donors (Lipinski definition) is 0. The summed E-state index contributed by atoms with van der Waals surface area (Å²) in [6.07, 6.45) is 28.9. The van der Waals surface area contributed by atoms with Crippen molar-refractivity contribution < 1.29 is 0 Å². The maximum atomic E-state index is 5.36. The van der Waals surface area contributed by atoms with Gasteiger partial charge in [0.25, 0.3) is 0 Å².